The largest absolute Gasteiger partial charge is 0.434 e. The molecule has 0 fully saturated rings. The number of hydrogen-bond acceptors (Lipinski definition) is 4. The van der Waals surface area contributed by atoms with Gasteiger partial charge in [0.2, 0.25) is 0 Å². The molecule has 0 aliphatic heterocycles. The lowest BCUT2D eigenvalue weighted by molar-refractivity contribution is -0.140. The van der Waals surface area contributed by atoms with E-state index in [4.69, 9.17) is 4.74 Å². The summed E-state index contributed by atoms with van der Waals surface area (Å²) >= 11 is 0.956. The summed E-state index contributed by atoms with van der Waals surface area (Å²) < 4.78 is 43.6. The van der Waals surface area contributed by atoms with Crippen molar-refractivity contribution in [2.75, 3.05) is 19.7 Å². The third-order valence-corrected chi connectivity index (χ3v) is 4.64. The smallest absolute Gasteiger partial charge is 0.374 e. The van der Waals surface area contributed by atoms with Crippen LogP contribution in [0.25, 0.3) is 0 Å². The highest BCUT2D eigenvalue weighted by atomic mass is 127. The third-order valence-electron chi connectivity index (χ3n) is 3.81. The number of halogens is 4. The third kappa shape index (κ3) is 9.30. The summed E-state index contributed by atoms with van der Waals surface area (Å²) in [6.07, 6.45) is -3.62. The van der Waals surface area contributed by atoms with Gasteiger partial charge in [-0.25, -0.2) is 9.98 Å². The Morgan fingerprint density at radius 1 is 1.24 bits per heavy atom. The van der Waals surface area contributed by atoms with Gasteiger partial charge >= 0.3 is 6.18 Å². The number of hydrogen-bond donors (Lipinski definition) is 2. The van der Waals surface area contributed by atoms with Crippen LogP contribution < -0.4 is 10.6 Å². The Kier molecular flexibility index (Phi) is 11.5. The molecule has 0 saturated carbocycles. The van der Waals surface area contributed by atoms with Gasteiger partial charge in [-0.1, -0.05) is 30.3 Å². The summed E-state index contributed by atoms with van der Waals surface area (Å²) in [4.78, 5) is 7.88. The van der Waals surface area contributed by atoms with E-state index in [1.807, 2.05) is 44.2 Å². The number of thiazole rings is 1. The molecule has 10 heteroatoms. The zero-order valence-corrected chi connectivity index (χ0v) is 19.5. The molecular weight excluding hydrogens is 516 g/mol. The Labute approximate surface area is 190 Å². The minimum absolute atomic E-state index is 0. The standard InChI is InChI=1S/C19H25F3N4OS.HI/c1-3-23-18(25-12-17-26-16(13-28-17)19(20,21)22)24-10-7-11-27-14(2)15-8-5-4-6-9-15;/h4-6,8-9,13-14H,3,7,10-12H2,1-2H3,(H2,23,24,25);1H. The summed E-state index contributed by atoms with van der Waals surface area (Å²) in [5.41, 5.74) is 0.261. The van der Waals surface area contributed by atoms with Crippen LogP contribution in [0.3, 0.4) is 0 Å². The molecule has 1 aromatic heterocycles. The lowest BCUT2D eigenvalue weighted by Gasteiger charge is -2.14. The number of guanidine groups is 1. The predicted octanol–water partition coefficient (Wildman–Crippen LogP) is 5.00. The molecule has 5 nitrogen and oxygen atoms in total. The lowest BCUT2D eigenvalue weighted by Crippen LogP contribution is -2.38. The molecule has 1 unspecified atom stereocenters. The number of rotatable bonds is 9. The molecule has 0 saturated heterocycles. The summed E-state index contributed by atoms with van der Waals surface area (Å²) in [5, 5.41) is 7.56. The summed E-state index contributed by atoms with van der Waals surface area (Å²) in [6.45, 7) is 5.91. The van der Waals surface area contributed by atoms with Crippen molar-refractivity contribution in [3.05, 3.63) is 52.0 Å². The SMILES string of the molecule is CCNC(=NCc1nc(C(F)(F)F)cs1)NCCCOC(C)c1ccccc1.I. The fourth-order valence-corrected chi connectivity index (χ4v) is 3.09. The predicted molar refractivity (Wildman–Crippen MR) is 121 cm³/mol. The highest BCUT2D eigenvalue weighted by Crippen LogP contribution is 2.30. The Morgan fingerprint density at radius 3 is 2.59 bits per heavy atom. The van der Waals surface area contributed by atoms with E-state index in [9.17, 15) is 13.2 Å². The van der Waals surface area contributed by atoms with Crippen LogP contribution in [0.4, 0.5) is 13.2 Å². The molecule has 2 rings (SSSR count). The van der Waals surface area contributed by atoms with E-state index in [1.54, 1.807) is 0 Å². The van der Waals surface area contributed by atoms with Gasteiger partial charge in [0, 0.05) is 25.1 Å². The molecule has 162 valence electrons. The van der Waals surface area contributed by atoms with Gasteiger partial charge in [0.05, 0.1) is 12.6 Å². The fourth-order valence-electron chi connectivity index (χ4n) is 2.36. The van der Waals surface area contributed by atoms with Crippen LogP contribution in [0.15, 0.2) is 40.7 Å². The molecular formula is C19H26F3IN4OS. The summed E-state index contributed by atoms with van der Waals surface area (Å²) in [6, 6.07) is 9.99. The molecule has 0 aliphatic rings. The first-order valence-corrected chi connectivity index (χ1v) is 9.98. The minimum atomic E-state index is -4.42. The fraction of sp³-hybridized carbons (Fsp3) is 0.474. The molecule has 2 aromatic rings. The van der Waals surface area contributed by atoms with E-state index in [2.05, 4.69) is 20.6 Å². The Bertz CT molecular complexity index is 741. The van der Waals surface area contributed by atoms with Crippen molar-refractivity contribution in [2.24, 2.45) is 4.99 Å². The van der Waals surface area contributed by atoms with Gasteiger partial charge in [0.25, 0.3) is 0 Å². The average molecular weight is 542 g/mol. The molecule has 0 bridgehead atoms. The maximum atomic E-state index is 12.6. The maximum absolute atomic E-state index is 12.6. The zero-order valence-electron chi connectivity index (χ0n) is 16.3. The average Bonchev–Trinajstić information content (AvgIpc) is 3.16. The van der Waals surface area contributed by atoms with Gasteiger partial charge in [-0.15, -0.1) is 35.3 Å². The Hall–Kier alpha value is -1.40. The van der Waals surface area contributed by atoms with Crippen molar-refractivity contribution in [3.63, 3.8) is 0 Å². The second kappa shape index (κ2) is 13.0. The van der Waals surface area contributed by atoms with Gasteiger partial charge in [0.1, 0.15) is 5.01 Å². The molecule has 1 atom stereocenters. The van der Waals surface area contributed by atoms with Gasteiger partial charge in [-0.3, -0.25) is 0 Å². The molecule has 0 spiro atoms. The molecule has 2 N–H and O–H groups in total. The van der Waals surface area contributed by atoms with Crippen molar-refractivity contribution >= 4 is 41.3 Å². The Morgan fingerprint density at radius 2 is 1.97 bits per heavy atom. The van der Waals surface area contributed by atoms with E-state index in [0.29, 0.717) is 30.7 Å². The topological polar surface area (TPSA) is 58.5 Å². The van der Waals surface area contributed by atoms with E-state index in [1.165, 1.54) is 0 Å². The van der Waals surface area contributed by atoms with Gasteiger partial charge in [-0.05, 0) is 25.8 Å². The number of aliphatic imine (C=N–C) groups is 1. The Balaban J connectivity index is 0.00000420. The second-order valence-electron chi connectivity index (χ2n) is 6.02. The summed E-state index contributed by atoms with van der Waals surface area (Å²) in [5.74, 6) is 0.544. The second-order valence-corrected chi connectivity index (χ2v) is 6.97. The van der Waals surface area contributed by atoms with Crippen LogP contribution in [0, 0.1) is 0 Å². The van der Waals surface area contributed by atoms with Crippen LogP contribution in [-0.2, 0) is 17.5 Å². The van der Waals surface area contributed by atoms with E-state index < -0.39 is 11.9 Å². The number of alkyl halides is 3. The van der Waals surface area contributed by atoms with Crippen molar-refractivity contribution in [1.82, 2.24) is 15.6 Å². The van der Waals surface area contributed by atoms with E-state index in [0.717, 1.165) is 28.7 Å². The van der Waals surface area contributed by atoms with Crippen LogP contribution in [0.2, 0.25) is 0 Å². The molecule has 1 aromatic carbocycles. The molecule has 29 heavy (non-hydrogen) atoms. The summed E-state index contributed by atoms with van der Waals surface area (Å²) in [7, 11) is 0. The van der Waals surface area contributed by atoms with Crippen LogP contribution >= 0.6 is 35.3 Å². The van der Waals surface area contributed by atoms with Crippen molar-refractivity contribution in [2.45, 2.75) is 39.1 Å². The number of aromatic nitrogens is 1. The first-order valence-electron chi connectivity index (χ1n) is 9.10. The zero-order chi connectivity index (χ0) is 20.4. The van der Waals surface area contributed by atoms with Gasteiger partial charge in [0.15, 0.2) is 11.7 Å². The van der Waals surface area contributed by atoms with Crippen LogP contribution in [0.1, 0.15) is 42.6 Å². The molecule has 0 amide bonds. The van der Waals surface area contributed by atoms with Crippen molar-refractivity contribution in [3.8, 4) is 0 Å². The molecule has 1 heterocycles. The van der Waals surface area contributed by atoms with Gasteiger partial charge < -0.3 is 15.4 Å². The quantitative estimate of drug-likeness (QED) is 0.203. The normalized spacial score (nSPS) is 12.9. The highest BCUT2D eigenvalue weighted by molar-refractivity contribution is 14.0. The van der Waals surface area contributed by atoms with Gasteiger partial charge in [-0.2, -0.15) is 13.2 Å². The first-order chi connectivity index (χ1) is 13.4. The number of ether oxygens (including phenoxy) is 1. The minimum Gasteiger partial charge on any atom is -0.374 e. The maximum Gasteiger partial charge on any atom is 0.434 e. The number of nitrogens with one attached hydrogen (secondary N) is 2. The van der Waals surface area contributed by atoms with E-state index in [-0.39, 0.29) is 36.6 Å². The van der Waals surface area contributed by atoms with Crippen molar-refractivity contribution in [1.29, 1.82) is 0 Å². The van der Waals surface area contributed by atoms with Crippen LogP contribution in [-0.4, -0.2) is 30.6 Å². The molecule has 0 aliphatic carbocycles. The monoisotopic (exact) mass is 542 g/mol. The first kappa shape index (κ1) is 25.6. The van der Waals surface area contributed by atoms with Crippen molar-refractivity contribution < 1.29 is 17.9 Å². The number of nitrogens with zero attached hydrogens (tertiary/aromatic N) is 2. The molecule has 0 radical (unpaired) electrons. The lowest BCUT2D eigenvalue weighted by atomic mass is 10.1. The van der Waals surface area contributed by atoms with Crippen LogP contribution in [0.5, 0.6) is 0 Å². The number of benzene rings is 1. The highest BCUT2D eigenvalue weighted by Gasteiger charge is 2.33. The van der Waals surface area contributed by atoms with E-state index >= 15 is 0 Å².